The molecule has 1 heterocycles. The lowest BCUT2D eigenvalue weighted by atomic mass is 10.2. The molecule has 0 bridgehead atoms. The van der Waals surface area contributed by atoms with Gasteiger partial charge < -0.3 is 9.73 Å². The Morgan fingerprint density at radius 2 is 1.73 bits per heavy atom. The van der Waals surface area contributed by atoms with Crippen LogP contribution in [0.4, 0.5) is 5.69 Å². The third-order valence-corrected chi connectivity index (χ3v) is 4.68. The highest BCUT2D eigenvalue weighted by molar-refractivity contribution is 7.90. The maximum atomic E-state index is 11.8. The summed E-state index contributed by atoms with van der Waals surface area (Å²) in [6.07, 6.45) is 1.21. The minimum absolute atomic E-state index is 0.143. The topological polar surface area (TPSA) is 59.3 Å². The van der Waals surface area contributed by atoms with Crippen molar-refractivity contribution in [3.8, 4) is 0 Å². The van der Waals surface area contributed by atoms with Crippen molar-refractivity contribution in [2.75, 3.05) is 11.6 Å². The van der Waals surface area contributed by atoms with Crippen molar-refractivity contribution in [3.63, 3.8) is 0 Å². The second-order valence-corrected chi connectivity index (χ2v) is 7.31. The van der Waals surface area contributed by atoms with E-state index in [1.165, 1.54) is 6.26 Å². The third-order valence-electron chi connectivity index (χ3n) is 3.53. The molecule has 3 aromatic rings. The van der Waals surface area contributed by atoms with Crippen molar-refractivity contribution in [3.05, 3.63) is 60.4 Å². The van der Waals surface area contributed by atoms with Gasteiger partial charge in [0.15, 0.2) is 9.84 Å². The van der Waals surface area contributed by atoms with Crippen LogP contribution in [-0.2, 0) is 9.84 Å². The van der Waals surface area contributed by atoms with Crippen LogP contribution in [0.5, 0.6) is 0 Å². The standard InChI is InChI=1S/C17H17NO3S/c1-12(16-11-13-7-3-5-9-15(13)21-16)18-14-8-4-6-10-17(14)22(2,19)20/h3-12,18H,1-2H3/t12-/m1/s1. The van der Waals surface area contributed by atoms with Crippen LogP contribution in [-0.4, -0.2) is 14.7 Å². The minimum Gasteiger partial charge on any atom is -0.459 e. The van der Waals surface area contributed by atoms with Gasteiger partial charge in [-0.15, -0.1) is 0 Å². The summed E-state index contributed by atoms with van der Waals surface area (Å²) in [4.78, 5) is 0.290. The molecule has 114 valence electrons. The second-order valence-electron chi connectivity index (χ2n) is 5.32. The number of para-hydroxylation sites is 2. The number of anilines is 1. The zero-order chi connectivity index (χ0) is 15.7. The van der Waals surface area contributed by atoms with Crippen LogP contribution in [0.2, 0.25) is 0 Å². The van der Waals surface area contributed by atoms with Crippen molar-refractivity contribution < 1.29 is 12.8 Å². The summed E-state index contributed by atoms with van der Waals surface area (Å²) in [5.74, 6) is 0.768. The molecular weight excluding hydrogens is 298 g/mol. The average molecular weight is 315 g/mol. The number of fused-ring (bicyclic) bond motifs is 1. The molecule has 0 radical (unpaired) electrons. The Labute approximate surface area is 129 Å². The van der Waals surface area contributed by atoms with Crippen LogP contribution in [0.25, 0.3) is 11.0 Å². The summed E-state index contributed by atoms with van der Waals surface area (Å²) in [7, 11) is -3.28. The lowest BCUT2D eigenvalue weighted by Crippen LogP contribution is -2.09. The lowest BCUT2D eigenvalue weighted by molar-refractivity contribution is 0.525. The molecule has 0 saturated carbocycles. The van der Waals surface area contributed by atoms with Gasteiger partial charge in [-0.05, 0) is 31.2 Å². The fourth-order valence-electron chi connectivity index (χ4n) is 2.43. The van der Waals surface area contributed by atoms with Crippen molar-refractivity contribution >= 4 is 26.5 Å². The van der Waals surface area contributed by atoms with Crippen LogP contribution < -0.4 is 5.32 Å². The third kappa shape index (κ3) is 2.85. The summed E-state index contributed by atoms with van der Waals surface area (Å²) in [6.45, 7) is 1.94. The van der Waals surface area contributed by atoms with E-state index >= 15 is 0 Å². The van der Waals surface area contributed by atoms with Gasteiger partial charge in [-0.2, -0.15) is 0 Å². The molecule has 1 N–H and O–H groups in total. The number of nitrogens with one attached hydrogen (secondary N) is 1. The predicted octanol–water partition coefficient (Wildman–Crippen LogP) is 4.01. The largest absolute Gasteiger partial charge is 0.459 e. The summed E-state index contributed by atoms with van der Waals surface area (Å²) >= 11 is 0. The van der Waals surface area contributed by atoms with Crippen molar-refractivity contribution in [2.24, 2.45) is 0 Å². The number of hydrogen-bond acceptors (Lipinski definition) is 4. The zero-order valence-electron chi connectivity index (χ0n) is 12.4. The molecule has 0 aliphatic carbocycles. The quantitative estimate of drug-likeness (QED) is 0.790. The predicted molar refractivity (Wildman–Crippen MR) is 87.8 cm³/mol. The van der Waals surface area contributed by atoms with Gasteiger partial charge in [0.2, 0.25) is 0 Å². The highest BCUT2D eigenvalue weighted by Crippen LogP contribution is 2.28. The Bertz CT molecular complexity index is 879. The van der Waals surface area contributed by atoms with E-state index in [9.17, 15) is 8.42 Å². The van der Waals surface area contributed by atoms with Gasteiger partial charge in [-0.3, -0.25) is 0 Å². The van der Waals surface area contributed by atoms with Crippen molar-refractivity contribution in [1.29, 1.82) is 0 Å². The van der Waals surface area contributed by atoms with Gasteiger partial charge in [0, 0.05) is 11.6 Å². The fourth-order valence-corrected chi connectivity index (χ4v) is 3.28. The highest BCUT2D eigenvalue weighted by Gasteiger charge is 2.16. The minimum atomic E-state index is -3.28. The van der Waals surface area contributed by atoms with E-state index in [-0.39, 0.29) is 10.9 Å². The maximum Gasteiger partial charge on any atom is 0.177 e. The molecule has 1 atom stereocenters. The first-order valence-electron chi connectivity index (χ1n) is 6.99. The molecule has 0 spiro atoms. The molecule has 0 aliphatic heterocycles. The van der Waals surface area contributed by atoms with Crippen LogP contribution in [0, 0.1) is 0 Å². The van der Waals surface area contributed by atoms with Crippen LogP contribution in [0.15, 0.2) is 63.9 Å². The first-order chi connectivity index (χ1) is 10.4. The molecule has 5 heteroatoms. The highest BCUT2D eigenvalue weighted by atomic mass is 32.2. The molecular formula is C17H17NO3S. The number of sulfone groups is 1. The van der Waals surface area contributed by atoms with Gasteiger partial charge in [-0.1, -0.05) is 30.3 Å². The monoisotopic (exact) mass is 315 g/mol. The van der Waals surface area contributed by atoms with E-state index in [0.717, 1.165) is 16.7 Å². The Morgan fingerprint density at radius 1 is 1.05 bits per heavy atom. The van der Waals surface area contributed by atoms with E-state index in [4.69, 9.17) is 4.42 Å². The number of furan rings is 1. The van der Waals surface area contributed by atoms with Gasteiger partial charge in [0.05, 0.1) is 16.6 Å². The molecule has 22 heavy (non-hydrogen) atoms. The Hall–Kier alpha value is -2.27. The summed E-state index contributed by atoms with van der Waals surface area (Å²) in [5, 5.41) is 4.25. The van der Waals surface area contributed by atoms with Gasteiger partial charge in [0.25, 0.3) is 0 Å². The van der Waals surface area contributed by atoms with Crippen molar-refractivity contribution in [1.82, 2.24) is 0 Å². The number of rotatable bonds is 4. The summed E-state index contributed by atoms with van der Waals surface area (Å²) < 4.78 is 29.5. The van der Waals surface area contributed by atoms with Gasteiger partial charge >= 0.3 is 0 Å². The maximum absolute atomic E-state index is 11.8. The fraction of sp³-hybridized carbons (Fsp3) is 0.176. The Kier molecular flexibility index (Phi) is 3.66. The normalized spacial score (nSPS) is 13.2. The smallest absolute Gasteiger partial charge is 0.177 e. The van der Waals surface area contributed by atoms with E-state index in [1.54, 1.807) is 18.2 Å². The van der Waals surface area contributed by atoms with Crippen LogP contribution in [0.1, 0.15) is 18.7 Å². The molecule has 0 aliphatic rings. The lowest BCUT2D eigenvalue weighted by Gasteiger charge is -2.15. The van der Waals surface area contributed by atoms with E-state index < -0.39 is 9.84 Å². The molecule has 0 amide bonds. The van der Waals surface area contributed by atoms with Crippen LogP contribution in [0.3, 0.4) is 0 Å². The molecule has 0 unspecified atom stereocenters. The Balaban J connectivity index is 1.93. The number of hydrogen-bond donors (Lipinski definition) is 1. The second kappa shape index (κ2) is 5.50. The SMILES string of the molecule is C[C@@H](Nc1ccccc1S(C)(=O)=O)c1cc2ccccc2o1. The van der Waals surface area contributed by atoms with E-state index in [0.29, 0.717) is 5.69 Å². The molecule has 3 rings (SSSR count). The first kappa shape index (κ1) is 14.7. The van der Waals surface area contributed by atoms with E-state index in [2.05, 4.69) is 5.32 Å². The zero-order valence-corrected chi connectivity index (χ0v) is 13.2. The van der Waals surface area contributed by atoms with E-state index in [1.807, 2.05) is 43.3 Å². The van der Waals surface area contributed by atoms with Crippen LogP contribution >= 0.6 is 0 Å². The first-order valence-corrected chi connectivity index (χ1v) is 8.88. The number of benzene rings is 2. The molecule has 2 aromatic carbocycles. The van der Waals surface area contributed by atoms with Gasteiger partial charge in [-0.25, -0.2) is 8.42 Å². The van der Waals surface area contributed by atoms with Gasteiger partial charge in [0.1, 0.15) is 11.3 Å². The summed E-state index contributed by atoms with van der Waals surface area (Å²) in [6, 6.07) is 16.5. The Morgan fingerprint density at radius 3 is 2.45 bits per heavy atom. The molecule has 4 nitrogen and oxygen atoms in total. The van der Waals surface area contributed by atoms with Crippen molar-refractivity contribution in [2.45, 2.75) is 17.9 Å². The molecule has 0 fully saturated rings. The average Bonchev–Trinajstić information content (AvgIpc) is 2.90. The summed E-state index contributed by atoms with van der Waals surface area (Å²) in [5.41, 5.74) is 1.40. The molecule has 1 aromatic heterocycles. The molecule has 0 saturated heterocycles.